The zero-order valence-corrected chi connectivity index (χ0v) is 20.6. The van der Waals surface area contributed by atoms with E-state index in [1.54, 1.807) is 0 Å². The molecule has 0 aliphatic rings. The minimum Gasteiger partial charge on any atom is -0.326 e. The minimum atomic E-state index is 0.314. The Bertz CT molecular complexity index is 1400. The number of tetrazole rings is 1. The van der Waals surface area contributed by atoms with E-state index in [4.69, 9.17) is 15.8 Å². The van der Waals surface area contributed by atoms with Gasteiger partial charge in [0.05, 0.1) is 6.54 Å². The molecule has 0 saturated carbocycles. The molecule has 3 aromatic carbocycles. The van der Waals surface area contributed by atoms with Crippen LogP contribution in [0.1, 0.15) is 54.5 Å². The maximum Gasteiger partial charge on any atom is 0.180 e. The quantitative estimate of drug-likeness (QED) is 0.317. The Morgan fingerprint density at radius 1 is 0.889 bits per heavy atom. The lowest BCUT2D eigenvalue weighted by molar-refractivity contribution is 0.617. The van der Waals surface area contributed by atoms with Crippen LogP contribution in [0.5, 0.6) is 0 Å². The fraction of sp³-hybridized carbons (Fsp3) is 0.250. The number of rotatable bonds is 9. The van der Waals surface area contributed by atoms with Crippen LogP contribution in [0.2, 0.25) is 0 Å². The molecule has 0 spiro atoms. The molecule has 0 aliphatic heterocycles. The van der Waals surface area contributed by atoms with Gasteiger partial charge in [-0.3, -0.25) is 0 Å². The summed E-state index contributed by atoms with van der Waals surface area (Å²) in [6, 6.07) is 25.1. The average molecular weight is 479 g/mol. The van der Waals surface area contributed by atoms with Gasteiger partial charge >= 0.3 is 0 Å². The van der Waals surface area contributed by atoms with E-state index in [0.717, 1.165) is 52.3 Å². The molecule has 182 valence electrons. The molecule has 36 heavy (non-hydrogen) atoms. The van der Waals surface area contributed by atoms with E-state index in [-0.39, 0.29) is 0 Å². The van der Waals surface area contributed by atoms with Crippen molar-refractivity contribution in [2.75, 3.05) is 0 Å². The van der Waals surface area contributed by atoms with Crippen LogP contribution in [0.15, 0.2) is 72.8 Å². The van der Waals surface area contributed by atoms with Crippen molar-refractivity contribution in [1.82, 2.24) is 35.4 Å². The monoisotopic (exact) mass is 478 g/mol. The van der Waals surface area contributed by atoms with E-state index in [0.29, 0.717) is 24.8 Å². The summed E-state index contributed by atoms with van der Waals surface area (Å²) in [5.74, 6) is 2.84. The molecular formula is C28H30N8. The Kier molecular flexibility index (Phi) is 6.95. The van der Waals surface area contributed by atoms with Gasteiger partial charge in [-0.2, -0.15) is 5.10 Å². The molecule has 0 amide bonds. The third kappa shape index (κ3) is 5.08. The van der Waals surface area contributed by atoms with Gasteiger partial charge in [-0.15, -0.1) is 5.10 Å². The first-order valence-corrected chi connectivity index (χ1v) is 12.3. The Morgan fingerprint density at radius 2 is 1.58 bits per heavy atom. The summed E-state index contributed by atoms with van der Waals surface area (Å²) in [6.45, 7) is 5.55. The first-order valence-electron chi connectivity index (χ1n) is 12.3. The van der Waals surface area contributed by atoms with E-state index in [1.807, 2.05) is 22.9 Å². The highest BCUT2D eigenvalue weighted by Gasteiger charge is 2.16. The number of hydrogen-bond donors (Lipinski definition) is 2. The van der Waals surface area contributed by atoms with Crippen LogP contribution < -0.4 is 5.73 Å². The van der Waals surface area contributed by atoms with Crippen LogP contribution in [0.25, 0.3) is 22.5 Å². The summed E-state index contributed by atoms with van der Waals surface area (Å²) in [7, 11) is 0. The molecule has 5 aromatic rings. The van der Waals surface area contributed by atoms with E-state index < -0.39 is 0 Å². The number of aromatic nitrogens is 7. The molecule has 1 atom stereocenters. The van der Waals surface area contributed by atoms with Gasteiger partial charge in [-0.05, 0) is 44.7 Å². The smallest absolute Gasteiger partial charge is 0.180 e. The highest BCUT2D eigenvalue weighted by molar-refractivity contribution is 5.80. The molecule has 0 bridgehead atoms. The maximum absolute atomic E-state index is 5.76. The fourth-order valence-electron chi connectivity index (χ4n) is 4.20. The Balaban J connectivity index is 1.41. The second-order valence-electron chi connectivity index (χ2n) is 9.04. The molecule has 0 fully saturated rings. The van der Waals surface area contributed by atoms with E-state index >= 15 is 0 Å². The molecule has 8 nitrogen and oxygen atoms in total. The predicted octanol–water partition coefficient (Wildman–Crippen LogP) is 4.74. The lowest BCUT2D eigenvalue weighted by atomic mass is 9.98. The zero-order chi connectivity index (χ0) is 24.9. The van der Waals surface area contributed by atoms with Crippen molar-refractivity contribution in [3.63, 3.8) is 0 Å². The van der Waals surface area contributed by atoms with Gasteiger partial charge in [0.2, 0.25) is 0 Å². The van der Waals surface area contributed by atoms with Gasteiger partial charge in [-0.1, -0.05) is 86.6 Å². The first kappa shape index (κ1) is 23.6. The number of benzene rings is 3. The van der Waals surface area contributed by atoms with Crippen molar-refractivity contribution in [1.29, 1.82) is 0 Å². The molecular weight excluding hydrogens is 448 g/mol. The van der Waals surface area contributed by atoms with Crippen LogP contribution >= 0.6 is 0 Å². The highest BCUT2D eigenvalue weighted by Crippen LogP contribution is 2.30. The summed E-state index contributed by atoms with van der Waals surface area (Å²) in [6.07, 6.45) is 1.73. The van der Waals surface area contributed by atoms with Crippen LogP contribution in [-0.4, -0.2) is 35.4 Å². The van der Waals surface area contributed by atoms with Gasteiger partial charge in [0.25, 0.3) is 0 Å². The second kappa shape index (κ2) is 10.6. The zero-order valence-electron chi connectivity index (χ0n) is 20.6. The Morgan fingerprint density at radius 3 is 2.25 bits per heavy atom. The van der Waals surface area contributed by atoms with Gasteiger partial charge in [-0.25, -0.2) is 14.8 Å². The van der Waals surface area contributed by atoms with Crippen LogP contribution in [-0.2, 0) is 19.5 Å². The number of aromatic amines is 1. The number of hydrogen-bond acceptors (Lipinski definition) is 6. The fourth-order valence-corrected chi connectivity index (χ4v) is 4.20. The SMILES string of the molecule is CCC(C)c1nc(Cc2ccc(CN)cc2)n(Cc2ccc(-c3ccccc3-c3nnn[nH]3)cc2)n1. The third-order valence-corrected chi connectivity index (χ3v) is 6.56. The topological polar surface area (TPSA) is 111 Å². The molecule has 3 N–H and O–H groups in total. The van der Waals surface area contributed by atoms with Crippen LogP contribution in [0.4, 0.5) is 0 Å². The molecule has 0 saturated heterocycles. The Labute approximate surface area is 210 Å². The van der Waals surface area contributed by atoms with Gasteiger partial charge in [0.15, 0.2) is 11.6 Å². The van der Waals surface area contributed by atoms with E-state index in [9.17, 15) is 0 Å². The molecule has 2 aromatic heterocycles. The van der Waals surface area contributed by atoms with Crippen molar-refractivity contribution in [2.24, 2.45) is 5.73 Å². The standard InChI is InChI=1S/C28H30N8/c1-3-19(2)27-30-26(16-20-8-10-21(17-29)11-9-20)36(33-27)18-22-12-14-23(15-13-22)24-6-4-5-7-25(24)28-31-34-35-32-28/h4-15,19H,3,16-18,29H2,1-2H3,(H,31,32,34,35). The summed E-state index contributed by atoms with van der Waals surface area (Å²) < 4.78 is 2.04. The molecule has 8 heteroatoms. The number of nitrogens with one attached hydrogen (secondary N) is 1. The van der Waals surface area contributed by atoms with Crippen molar-refractivity contribution < 1.29 is 0 Å². The lowest BCUT2D eigenvalue weighted by Gasteiger charge is -2.10. The Hall–Kier alpha value is -4.17. The lowest BCUT2D eigenvalue weighted by Crippen LogP contribution is -2.08. The molecule has 1 unspecified atom stereocenters. The van der Waals surface area contributed by atoms with Crippen molar-refractivity contribution in [3.05, 3.63) is 101 Å². The van der Waals surface area contributed by atoms with Crippen LogP contribution in [0, 0.1) is 0 Å². The summed E-state index contributed by atoms with van der Waals surface area (Å²) in [4.78, 5) is 4.93. The van der Waals surface area contributed by atoms with E-state index in [1.165, 1.54) is 5.56 Å². The summed E-state index contributed by atoms with van der Waals surface area (Å²) >= 11 is 0. The van der Waals surface area contributed by atoms with Crippen molar-refractivity contribution in [2.45, 2.75) is 45.7 Å². The second-order valence-corrected chi connectivity index (χ2v) is 9.04. The van der Waals surface area contributed by atoms with E-state index in [2.05, 4.69) is 89.1 Å². The minimum absolute atomic E-state index is 0.314. The number of H-pyrrole nitrogens is 1. The maximum atomic E-state index is 5.76. The first-order chi connectivity index (χ1) is 17.6. The van der Waals surface area contributed by atoms with Gasteiger partial charge in [0.1, 0.15) is 5.82 Å². The number of nitrogens with zero attached hydrogens (tertiary/aromatic N) is 6. The third-order valence-electron chi connectivity index (χ3n) is 6.56. The average Bonchev–Trinajstić information content (AvgIpc) is 3.60. The molecule has 2 heterocycles. The molecule has 0 aliphatic carbocycles. The molecule has 5 rings (SSSR count). The molecule has 0 radical (unpaired) electrons. The van der Waals surface area contributed by atoms with Crippen molar-refractivity contribution >= 4 is 0 Å². The highest BCUT2D eigenvalue weighted by atomic mass is 15.5. The number of nitrogens with two attached hydrogens (primary N) is 1. The summed E-state index contributed by atoms with van der Waals surface area (Å²) in [5, 5.41) is 19.3. The summed E-state index contributed by atoms with van der Waals surface area (Å²) in [5.41, 5.74) is 12.4. The predicted molar refractivity (Wildman–Crippen MR) is 140 cm³/mol. The van der Waals surface area contributed by atoms with Crippen LogP contribution in [0.3, 0.4) is 0 Å². The van der Waals surface area contributed by atoms with Gasteiger partial charge < -0.3 is 5.73 Å². The van der Waals surface area contributed by atoms with Gasteiger partial charge in [0, 0.05) is 24.4 Å². The normalized spacial score (nSPS) is 12.1. The van der Waals surface area contributed by atoms with Crippen molar-refractivity contribution in [3.8, 4) is 22.5 Å². The largest absolute Gasteiger partial charge is 0.326 e.